The minimum atomic E-state index is -4.48. The van der Waals surface area contributed by atoms with Crippen LogP contribution in [0, 0.1) is 23.2 Å². The smallest absolute Gasteiger partial charge is 0.377 e. The molecule has 0 bridgehead atoms. The average molecular weight is 707 g/mol. The number of rotatable bonds is 14. The third kappa shape index (κ3) is 9.42. The Bertz CT molecular complexity index is 1780. The summed E-state index contributed by atoms with van der Waals surface area (Å²) in [5.74, 6) is 4.48. The number of carbonyl (C=O) groups is 5. The number of amides is 3. The Labute approximate surface area is 294 Å². The number of allylic oxidation sites excluding steroid dienone is 1. The lowest BCUT2D eigenvalue weighted by molar-refractivity contribution is -0.137. The Kier molecular flexibility index (Phi) is 12.1. The molecule has 1 saturated carbocycles. The molecular weight excluding hydrogens is 665 g/mol. The highest BCUT2D eigenvalue weighted by atomic mass is 19.4. The van der Waals surface area contributed by atoms with Gasteiger partial charge in [-0.25, -0.2) is 0 Å². The first kappa shape index (κ1) is 38.4. The van der Waals surface area contributed by atoms with Crippen LogP contribution in [0.25, 0.3) is 0 Å². The fourth-order valence-corrected chi connectivity index (χ4v) is 5.52. The topological polar surface area (TPSA) is 152 Å². The Morgan fingerprint density at radius 1 is 1.10 bits per heavy atom. The van der Waals surface area contributed by atoms with E-state index in [9.17, 15) is 37.1 Å². The molecule has 270 valence electrons. The molecule has 1 saturated heterocycles. The minimum Gasteiger partial charge on any atom is -0.377 e. The van der Waals surface area contributed by atoms with E-state index in [0.29, 0.717) is 48.2 Å². The third-order valence-electron chi connectivity index (χ3n) is 8.91. The number of likely N-dealkylation sites (N-methyl/N-ethyl adjacent to an activating group) is 2. The number of aldehydes is 2. The summed E-state index contributed by atoms with van der Waals surface area (Å²) in [5.41, 5.74) is 0.0937. The molecule has 1 aliphatic carbocycles. The van der Waals surface area contributed by atoms with Crippen LogP contribution in [-0.2, 0) is 20.6 Å². The number of hydrogen-bond donors (Lipinski definition) is 4. The van der Waals surface area contributed by atoms with E-state index in [1.54, 1.807) is 26.0 Å². The van der Waals surface area contributed by atoms with Crippen LogP contribution in [0.4, 0.5) is 24.5 Å². The first-order chi connectivity index (χ1) is 24.1. The summed E-state index contributed by atoms with van der Waals surface area (Å²) in [7, 11) is 2.89. The van der Waals surface area contributed by atoms with Crippen LogP contribution < -0.4 is 20.9 Å². The molecule has 4 rings (SSSR count). The van der Waals surface area contributed by atoms with Gasteiger partial charge in [0.25, 0.3) is 5.91 Å². The van der Waals surface area contributed by atoms with Gasteiger partial charge in [-0.15, -0.1) is 0 Å². The molecule has 0 radical (unpaired) electrons. The third-order valence-corrected chi connectivity index (χ3v) is 8.91. The van der Waals surface area contributed by atoms with Crippen molar-refractivity contribution in [1.82, 2.24) is 15.5 Å². The van der Waals surface area contributed by atoms with Gasteiger partial charge in [0.2, 0.25) is 11.8 Å². The second kappa shape index (κ2) is 16.1. The number of nitrogens with one attached hydrogen (secondary N) is 4. The van der Waals surface area contributed by atoms with E-state index in [-0.39, 0.29) is 35.8 Å². The first-order valence-electron chi connectivity index (χ1n) is 16.4. The lowest BCUT2D eigenvalue weighted by atomic mass is 9.97. The number of nitrogens with zero attached hydrogens (tertiary/aromatic N) is 2. The fraction of sp³-hybridized carbons (Fsp3) is 0.405. The summed E-state index contributed by atoms with van der Waals surface area (Å²) in [6, 6.07) is 7.27. The largest absolute Gasteiger partial charge is 0.416 e. The van der Waals surface area contributed by atoms with Gasteiger partial charge in [0.15, 0.2) is 6.29 Å². The monoisotopic (exact) mass is 706 g/mol. The summed E-state index contributed by atoms with van der Waals surface area (Å²) in [6.45, 7) is 4.21. The molecule has 4 N–H and O–H groups in total. The quantitative estimate of drug-likeness (QED) is 0.128. The van der Waals surface area contributed by atoms with Gasteiger partial charge in [0, 0.05) is 63.0 Å². The molecule has 0 spiro atoms. The van der Waals surface area contributed by atoms with Crippen LogP contribution in [0.3, 0.4) is 0 Å². The second-order valence-corrected chi connectivity index (χ2v) is 13.1. The number of carbonyl (C=O) groups excluding carboxylic acids is 5. The van der Waals surface area contributed by atoms with Crippen LogP contribution in [-0.4, -0.2) is 80.2 Å². The van der Waals surface area contributed by atoms with Gasteiger partial charge in [0.05, 0.1) is 22.6 Å². The summed E-state index contributed by atoms with van der Waals surface area (Å²) in [6.07, 6.45) is 0.961. The van der Waals surface area contributed by atoms with E-state index < -0.39 is 41.0 Å². The van der Waals surface area contributed by atoms with E-state index in [0.717, 1.165) is 31.2 Å². The number of benzene rings is 2. The van der Waals surface area contributed by atoms with Crippen molar-refractivity contribution in [3.05, 3.63) is 70.4 Å². The van der Waals surface area contributed by atoms with Gasteiger partial charge in [-0.1, -0.05) is 11.8 Å². The molecule has 51 heavy (non-hydrogen) atoms. The predicted molar refractivity (Wildman–Crippen MR) is 187 cm³/mol. The van der Waals surface area contributed by atoms with Gasteiger partial charge in [0.1, 0.15) is 17.9 Å². The lowest BCUT2D eigenvalue weighted by Gasteiger charge is -2.38. The SMILES string of the molecule is CNC(=O)C(CCC=O)N(C)C(=O)c1cc(N2CC(C#C/C(C=N)=C/NC(C)(C)C(=O)Nc3ccc(C(F)(F)F)cc3C3CC3)C2)ccc1C=O. The molecule has 2 aliphatic rings. The zero-order chi connectivity index (χ0) is 37.5. The van der Waals surface area contributed by atoms with E-state index in [1.807, 2.05) is 4.90 Å². The molecule has 11 nitrogen and oxygen atoms in total. The van der Waals surface area contributed by atoms with Crippen LogP contribution >= 0.6 is 0 Å². The minimum absolute atomic E-state index is 0.0318. The van der Waals surface area contributed by atoms with E-state index in [4.69, 9.17) is 5.41 Å². The molecule has 2 aromatic carbocycles. The highest BCUT2D eigenvalue weighted by Crippen LogP contribution is 2.45. The highest BCUT2D eigenvalue weighted by Gasteiger charge is 2.36. The van der Waals surface area contributed by atoms with Gasteiger partial charge in [-0.2, -0.15) is 13.2 Å². The lowest BCUT2D eigenvalue weighted by Crippen LogP contribution is -2.48. The maximum absolute atomic E-state index is 13.4. The Balaban J connectivity index is 1.39. The van der Waals surface area contributed by atoms with Crippen LogP contribution in [0.5, 0.6) is 0 Å². The summed E-state index contributed by atoms with van der Waals surface area (Å²) >= 11 is 0. The van der Waals surface area contributed by atoms with Crippen molar-refractivity contribution in [2.75, 3.05) is 37.4 Å². The van der Waals surface area contributed by atoms with E-state index >= 15 is 0 Å². The highest BCUT2D eigenvalue weighted by molar-refractivity contribution is 6.04. The Morgan fingerprint density at radius 3 is 2.39 bits per heavy atom. The van der Waals surface area contributed by atoms with Crippen LogP contribution in [0.2, 0.25) is 0 Å². The molecule has 2 fully saturated rings. The molecule has 1 unspecified atom stereocenters. The molecule has 1 aliphatic heterocycles. The predicted octanol–water partition coefficient (Wildman–Crippen LogP) is 4.54. The Hall–Kier alpha value is -5.45. The first-order valence-corrected chi connectivity index (χ1v) is 16.4. The average Bonchev–Trinajstić information content (AvgIpc) is 3.93. The summed E-state index contributed by atoms with van der Waals surface area (Å²) in [4.78, 5) is 64.9. The molecule has 2 aromatic rings. The molecule has 0 aromatic heterocycles. The summed E-state index contributed by atoms with van der Waals surface area (Å²) < 4.78 is 39.8. The van der Waals surface area contributed by atoms with Crippen molar-refractivity contribution in [2.24, 2.45) is 5.92 Å². The van der Waals surface area contributed by atoms with E-state index in [2.05, 4.69) is 27.8 Å². The molecule has 1 heterocycles. The maximum Gasteiger partial charge on any atom is 0.416 e. The Morgan fingerprint density at radius 2 is 1.80 bits per heavy atom. The van der Waals surface area contributed by atoms with Gasteiger partial charge in [-0.3, -0.25) is 19.2 Å². The zero-order valence-corrected chi connectivity index (χ0v) is 28.8. The maximum atomic E-state index is 13.4. The number of halogens is 3. The fourth-order valence-electron chi connectivity index (χ4n) is 5.52. The van der Waals surface area contributed by atoms with Crippen molar-refractivity contribution in [3.63, 3.8) is 0 Å². The van der Waals surface area contributed by atoms with Crippen molar-refractivity contribution < 1.29 is 37.1 Å². The molecule has 1 atom stereocenters. The summed E-state index contributed by atoms with van der Waals surface area (Å²) in [5, 5.41) is 16.0. The van der Waals surface area contributed by atoms with Gasteiger partial charge >= 0.3 is 6.18 Å². The van der Waals surface area contributed by atoms with Crippen molar-refractivity contribution >= 4 is 47.9 Å². The van der Waals surface area contributed by atoms with E-state index in [1.165, 1.54) is 37.3 Å². The second-order valence-electron chi connectivity index (χ2n) is 13.1. The standard InChI is InChI=1S/C37H41F3N6O5/c1-36(2,35(51)44-31-14-12-27(37(38,39)40)16-29(31)25-9-10-25)43-19-23(18-41)7-8-24-20-46(21-24)28-13-11-26(22-48)30(17-28)34(50)45(4)32(6-5-15-47)33(49)42-3/h11-19,22,24-25,32,41,43H,5-6,9-10,20-21H2,1-4H3,(H,42,49)(H,44,51)/b23-19-,41-18?. The van der Waals surface area contributed by atoms with Gasteiger partial charge < -0.3 is 36.0 Å². The van der Waals surface area contributed by atoms with Crippen LogP contribution in [0.15, 0.2) is 48.2 Å². The van der Waals surface area contributed by atoms with Crippen LogP contribution in [0.1, 0.15) is 77.3 Å². The molecular formula is C37H41F3N6O5. The molecule has 14 heteroatoms. The van der Waals surface area contributed by atoms with Crippen molar-refractivity contribution in [3.8, 4) is 11.8 Å². The van der Waals surface area contributed by atoms with Crippen molar-refractivity contribution in [1.29, 1.82) is 5.41 Å². The normalized spacial score (nSPS) is 15.4. The van der Waals surface area contributed by atoms with Crippen molar-refractivity contribution in [2.45, 2.75) is 63.2 Å². The molecule has 3 amide bonds. The number of anilines is 2. The number of hydrogen-bond acceptors (Lipinski definition) is 8. The number of alkyl halides is 3. The van der Waals surface area contributed by atoms with Gasteiger partial charge in [-0.05, 0) is 81.0 Å². The zero-order valence-electron chi connectivity index (χ0n) is 28.8.